The molecule has 0 atom stereocenters. The lowest BCUT2D eigenvalue weighted by molar-refractivity contribution is 0.108. The molecule has 1 heterocycles. The van der Waals surface area contributed by atoms with Crippen molar-refractivity contribution in [3.05, 3.63) is 19.8 Å². The number of aryl methyl sites for hydroxylation is 1. The van der Waals surface area contributed by atoms with Gasteiger partial charge in [0.1, 0.15) is 0 Å². The highest BCUT2D eigenvalue weighted by Gasteiger charge is 2.15. The Morgan fingerprint density at radius 1 is 1.55 bits per heavy atom. The molecule has 0 N–H and O–H groups in total. The summed E-state index contributed by atoms with van der Waals surface area (Å²) >= 11 is 10.2. The molecule has 0 saturated heterocycles. The molecule has 0 radical (unpaired) electrons. The highest BCUT2D eigenvalue weighted by atomic mass is 79.9. The monoisotopic (exact) mass is 252 g/mol. The average molecular weight is 254 g/mol. The summed E-state index contributed by atoms with van der Waals surface area (Å²) in [5, 5.41) is -0.390. The second-order valence-electron chi connectivity index (χ2n) is 2.21. The van der Waals surface area contributed by atoms with Crippen molar-refractivity contribution >= 4 is 44.1 Å². The van der Waals surface area contributed by atoms with Crippen molar-refractivity contribution in [3.8, 4) is 0 Å². The lowest BCUT2D eigenvalue weighted by Gasteiger charge is -1.91. The minimum Gasteiger partial charge on any atom is -0.276 e. The molecule has 0 aromatic carbocycles. The van der Waals surface area contributed by atoms with Gasteiger partial charge in [0.25, 0.3) is 5.24 Å². The summed E-state index contributed by atoms with van der Waals surface area (Å²) in [7, 11) is 0. The molecule has 0 unspecified atom stereocenters. The summed E-state index contributed by atoms with van der Waals surface area (Å²) in [6.07, 6.45) is 0. The molecular weight excluding hydrogens is 247 g/mol. The number of carbonyl (C=O) groups is 1. The Morgan fingerprint density at radius 3 is 2.27 bits per heavy atom. The predicted octanol–water partition coefficient (Wildman–Crippen LogP) is 3.51. The molecule has 1 aromatic rings. The topological polar surface area (TPSA) is 17.1 Å². The van der Waals surface area contributed by atoms with Crippen LogP contribution in [0.3, 0.4) is 0 Å². The summed E-state index contributed by atoms with van der Waals surface area (Å²) < 4.78 is 0.826. The molecular formula is C7H6BrClOS. The van der Waals surface area contributed by atoms with Gasteiger partial charge < -0.3 is 0 Å². The molecule has 0 spiro atoms. The van der Waals surface area contributed by atoms with Crippen LogP contribution in [-0.4, -0.2) is 5.24 Å². The standard InChI is InChI=1S/C7H6BrClOS/c1-3-4(2)11-6(8)5(3)7(9)10/h1-2H3. The van der Waals surface area contributed by atoms with E-state index in [0.29, 0.717) is 5.56 Å². The van der Waals surface area contributed by atoms with Crippen molar-refractivity contribution in [2.75, 3.05) is 0 Å². The SMILES string of the molecule is Cc1sc(Br)c(C(=O)Cl)c1C. The van der Waals surface area contributed by atoms with Gasteiger partial charge in [-0.05, 0) is 46.9 Å². The largest absolute Gasteiger partial charge is 0.276 e. The number of halogens is 2. The van der Waals surface area contributed by atoms with Crippen LogP contribution in [-0.2, 0) is 0 Å². The first kappa shape index (κ1) is 9.23. The Balaban J connectivity index is 3.34. The van der Waals surface area contributed by atoms with Crippen LogP contribution in [0.5, 0.6) is 0 Å². The third-order valence-electron chi connectivity index (χ3n) is 1.54. The zero-order chi connectivity index (χ0) is 8.59. The van der Waals surface area contributed by atoms with Gasteiger partial charge >= 0.3 is 0 Å². The smallest absolute Gasteiger partial charge is 0.254 e. The van der Waals surface area contributed by atoms with E-state index in [4.69, 9.17) is 11.6 Å². The van der Waals surface area contributed by atoms with Crippen molar-refractivity contribution in [1.82, 2.24) is 0 Å². The van der Waals surface area contributed by atoms with E-state index >= 15 is 0 Å². The van der Waals surface area contributed by atoms with E-state index in [2.05, 4.69) is 15.9 Å². The van der Waals surface area contributed by atoms with Crippen LogP contribution in [0.2, 0.25) is 0 Å². The molecule has 1 aromatic heterocycles. The van der Waals surface area contributed by atoms with Gasteiger partial charge in [-0.15, -0.1) is 11.3 Å². The van der Waals surface area contributed by atoms with E-state index < -0.39 is 5.24 Å². The summed E-state index contributed by atoms with van der Waals surface area (Å²) in [6.45, 7) is 3.86. The third-order valence-corrected chi connectivity index (χ3v) is 3.61. The van der Waals surface area contributed by atoms with Crippen molar-refractivity contribution in [2.45, 2.75) is 13.8 Å². The Hall–Kier alpha value is 0.140. The fourth-order valence-corrected chi connectivity index (χ4v) is 3.29. The molecule has 0 aliphatic carbocycles. The molecule has 0 saturated carbocycles. The highest BCUT2D eigenvalue weighted by Crippen LogP contribution is 2.32. The van der Waals surface area contributed by atoms with Gasteiger partial charge in [0.2, 0.25) is 0 Å². The first-order valence-corrected chi connectivity index (χ1v) is 4.98. The van der Waals surface area contributed by atoms with Crippen LogP contribution in [0.4, 0.5) is 0 Å². The molecule has 1 nitrogen and oxygen atoms in total. The zero-order valence-corrected chi connectivity index (χ0v) is 9.23. The number of rotatable bonds is 1. The predicted molar refractivity (Wildman–Crippen MR) is 51.7 cm³/mol. The van der Waals surface area contributed by atoms with Crippen molar-refractivity contribution in [1.29, 1.82) is 0 Å². The fourth-order valence-electron chi connectivity index (χ4n) is 0.810. The number of thiophene rings is 1. The molecule has 60 valence electrons. The average Bonchev–Trinajstić information content (AvgIpc) is 2.07. The highest BCUT2D eigenvalue weighted by molar-refractivity contribution is 9.11. The van der Waals surface area contributed by atoms with Gasteiger partial charge in [0, 0.05) is 4.88 Å². The number of hydrogen-bond donors (Lipinski definition) is 0. The van der Waals surface area contributed by atoms with Crippen molar-refractivity contribution in [3.63, 3.8) is 0 Å². The zero-order valence-electron chi connectivity index (χ0n) is 6.07. The van der Waals surface area contributed by atoms with Gasteiger partial charge in [0.05, 0.1) is 9.35 Å². The molecule has 11 heavy (non-hydrogen) atoms. The van der Waals surface area contributed by atoms with E-state index in [0.717, 1.165) is 14.2 Å². The lowest BCUT2D eigenvalue weighted by Crippen LogP contribution is -1.89. The second kappa shape index (κ2) is 3.25. The maximum absolute atomic E-state index is 10.8. The number of hydrogen-bond acceptors (Lipinski definition) is 2. The summed E-state index contributed by atoms with van der Waals surface area (Å²) in [5.74, 6) is 0. The van der Waals surface area contributed by atoms with Gasteiger partial charge in [-0.25, -0.2) is 0 Å². The van der Waals surface area contributed by atoms with Gasteiger partial charge in [-0.3, -0.25) is 4.79 Å². The Kier molecular flexibility index (Phi) is 2.73. The van der Waals surface area contributed by atoms with E-state index in [1.165, 1.54) is 11.3 Å². The second-order valence-corrected chi connectivity index (χ2v) is 5.09. The van der Waals surface area contributed by atoms with Crippen LogP contribution in [0.15, 0.2) is 3.79 Å². The van der Waals surface area contributed by atoms with Crippen molar-refractivity contribution in [2.24, 2.45) is 0 Å². The van der Waals surface area contributed by atoms with Crippen molar-refractivity contribution < 1.29 is 4.79 Å². The normalized spacial score (nSPS) is 10.2. The van der Waals surface area contributed by atoms with E-state index in [-0.39, 0.29) is 0 Å². The van der Waals surface area contributed by atoms with Crippen LogP contribution in [0, 0.1) is 13.8 Å². The molecule has 0 amide bonds. The van der Waals surface area contributed by atoms with Gasteiger partial charge in [-0.2, -0.15) is 0 Å². The van der Waals surface area contributed by atoms with Crippen LogP contribution in [0.25, 0.3) is 0 Å². The Bertz CT molecular complexity index is 306. The molecule has 4 heteroatoms. The van der Waals surface area contributed by atoms with Crippen LogP contribution < -0.4 is 0 Å². The first-order valence-electron chi connectivity index (χ1n) is 2.99. The molecule has 1 rings (SSSR count). The minimum absolute atomic E-state index is 0.390. The van der Waals surface area contributed by atoms with Crippen LogP contribution >= 0.6 is 38.9 Å². The fraction of sp³-hybridized carbons (Fsp3) is 0.286. The Labute approximate surface area is 82.5 Å². The third kappa shape index (κ3) is 1.66. The van der Waals surface area contributed by atoms with E-state index in [9.17, 15) is 4.79 Å². The summed E-state index contributed by atoms with van der Waals surface area (Å²) in [4.78, 5) is 12.0. The maximum atomic E-state index is 10.8. The summed E-state index contributed by atoms with van der Waals surface area (Å²) in [6, 6.07) is 0. The minimum atomic E-state index is -0.390. The number of carbonyl (C=O) groups excluding carboxylic acids is 1. The molecule has 0 aliphatic rings. The van der Waals surface area contributed by atoms with E-state index in [1.807, 2.05) is 13.8 Å². The first-order chi connectivity index (χ1) is 5.04. The van der Waals surface area contributed by atoms with Crippen LogP contribution in [0.1, 0.15) is 20.8 Å². The molecule has 0 fully saturated rings. The van der Waals surface area contributed by atoms with Gasteiger partial charge in [0.15, 0.2) is 0 Å². The molecule has 0 aliphatic heterocycles. The summed E-state index contributed by atoms with van der Waals surface area (Å²) in [5.41, 5.74) is 1.58. The lowest BCUT2D eigenvalue weighted by atomic mass is 10.2. The maximum Gasteiger partial charge on any atom is 0.254 e. The quantitative estimate of drug-likeness (QED) is 0.700. The van der Waals surface area contributed by atoms with E-state index in [1.54, 1.807) is 0 Å². The van der Waals surface area contributed by atoms with Gasteiger partial charge in [-0.1, -0.05) is 0 Å². The Morgan fingerprint density at radius 2 is 2.09 bits per heavy atom. The molecule has 0 bridgehead atoms.